The van der Waals surface area contributed by atoms with E-state index in [0.717, 1.165) is 12.8 Å². The highest BCUT2D eigenvalue weighted by molar-refractivity contribution is 7.89. The number of nitrogens with one attached hydrogen (secondary N) is 1. The molecule has 2 aliphatic rings. The minimum atomic E-state index is -3.70. The first kappa shape index (κ1) is 26.6. The Balaban J connectivity index is 1.73. The summed E-state index contributed by atoms with van der Waals surface area (Å²) in [7, 11) is -3.70. The number of rotatable bonds is 9. The van der Waals surface area contributed by atoms with Crippen LogP contribution in [-0.4, -0.2) is 81.2 Å². The zero-order valence-electron chi connectivity index (χ0n) is 20.5. The first-order chi connectivity index (χ1) is 16.2. The number of carbonyl (C=O) groups excluding carboxylic acids is 2. The van der Waals surface area contributed by atoms with E-state index in [9.17, 15) is 18.0 Å². The van der Waals surface area contributed by atoms with Crippen molar-refractivity contribution < 1.29 is 27.5 Å². The van der Waals surface area contributed by atoms with Crippen LogP contribution in [-0.2, 0) is 24.3 Å². The van der Waals surface area contributed by atoms with Gasteiger partial charge in [-0.1, -0.05) is 33.8 Å². The predicted molar refractivity (Wildman–Crippen MR) is 128 cm³/mol. The van der Waals surface area contributed by atoms with Gasteiger partial charge in [-0.25, -0.2) is 8.42 Å². The fraction of sp³-hybridized carbons (Fsp3) is 0.667. The van der Waals surface area contributed by atoms with Crippen molar-refractivity contribution in [2.45, 2.75) is 57.8 Å². The van der Waals surface area contributed by atoms with E-state index in [-0.39, 0.29) is 34.5 Å². The number of hydrogen-bond donors (Lipinski definition) is 1. The van der Waals surface area contributed by atoms with Crippen LogP contribution in [0.2, 0.25) is 0 Å². The lowest BCUT2D eigenvalue weighted by Crippen LogP contribution is -2.54. The van der Waals surface area contributed by atoms with Crippen LogP contribution in [0.15, 0.2) is 29.2 Å². The molecule has 0 saturated carbocycles. The molecule has 0 radical (unpaired) electrons. The maximum Gasteiger partial charge on any atom is 0.251 e. The molecule has 0 aromatic heterocycles. The van der Waals surface area contributed by atoms with Gasteiger partial charge in [-0.05, 0) is 37.0 Å². The first-order valence-corrected chi connectivity index (χ1v) is 13.6. The molecular formula is C24H37N3O6S. The highest BCUT2D eigenvalue weighted by atomic mass is 32.2. The van der Waals surface area contributed by atoms with Crippen molar-refractivity contribution in [3.8, 4) is 0 Å². The number of benzene rings is 1. The van der Waals surface area contributed by atoms with Crippen LogP contribution in [0.4, 0.5) is 0 Å². The molecule has 1 aromatic carbocycles. The second-order valence-corrected chi connectivity index (χ2v) is 11.0. The molecular weight excluding hydrogens is 458 g/mol. The fourth-order valence-electron chi connectivity index (χ4n) is 4.53. The van der Waals surface area contributed by atoms with Gasteiger partial charge in [0.1, 0.15) is 6.04 Å². The predicted octanol–water partition coefficient (Wildman–Crippen LogP) is 2.08. The molecule has 1 aromatic rings. The molecule has 10 heteroatoms. The zero-order valence-corrected chi connectivity index (χ0v) is 21.3. The molecule has 190 valence electrons. The van der Waals surface area contributed by atoms with Crippen LogP contribution in [0, 0.1) is 11.8 Å². The van der Waals surface area contributed by atoms with Gasteiger partial charge in [-0.2, -0.15) is 4.31 Å². The van der Waals surface area contributed by atoms with Gasteiger partial charge in [0.25, 0.3) is 5.91 Å². The SMILES string of the molecule is CCN(CC)S(=O)(=O)c1cccc(C(=O)NC(C(=O)N2CCCC(C3OCCO3)C2)C(C)C)c1. The Morgan fingerprint density at radius 1 is 1.18 bits per heavy atom. The fourth-order valence-corrected chi connectivity index (χ4v) is 6.03. The summed E-state index contributed by atoms with van der Waals surface area (Å²) >= 11 is 0. The summed E-state index contributed by atoms with van der Waals surface area (Å²) in [6.07, 6.45) is 1.50. The van der Waals surface area contributed by atoms with Crippen molar-refractivity contribution in [3.63, 3.8) is 0 Å². The average Bonchev–Trinajstić information content (AvgIpc) is 3.38. The number of amides is 2. The third-order valence-electron chi connectivity index (χ3n) is 6.46. The summed E-state index contributed by atoms with van der Waals surface area (Å²) in [6, 6.07) is 5.24. The number of carbonyl (C=O) groups is 2. The molecule has 2 saturated heterocycles. The molecule has 34 heavy (non-hydrogen) atoms. The third kappa shape index (κ3) is 5.97. The Kier molecular flexibility index (Phi) is 9.08. The van der Waals surface area contributed by atoms with Gasteiger partial charge in [0.15, 0.2) is 6.29 Å². The summed E-state index contributed by atoms with van der Waals surface area (Å²) in [5.74, 6) is -0.637. The van der Waals surface area contributed by atoms with Crippen LogP contribution in [0.3, 0.4) is 0 Å². The normalized spacial score (nSPS) is 20.6. The molecule has 1 N–H and O–H groups in total. The van der Waals surface area contributed by atoms with Crippen LogP contribution >= 0.6 is 0 Å². The van der Waals surface area contributed by atoms with E-state index in [1.807, 2.05) is 13.8 Å². The second kappa shape index (κ2) is 11.6. The number of hydrogen-bond acceptors (Lipinski definition) is 6. The molecule has 2 amide bonds. The van der Waals surface area contributed by atoms with Crippen LogP contribution in [0.25, 0.3) is 0 Å². The number of ether oxygens (including phenoxy) is 2. The topological polar surface area (TPSA) is 105 Å². The molecule has 0 aliphatic carbocycles. The maximum absolute atomic E-state index is 13.4. The molecule has 2 atom stereocenters. The van der Waals surface area contributed by atoms with Crippen LogP contribution in [0.5, 0.6) is 0 Å². The van der Waals surface area contributed by atoms with E-state index in [2.05, 4.69) is 5.32 Å². The maximum atomic E-state index is 13.4. The zero-order chi connectivity index (χ0) is 24.9. The van der Waals surface area contributed by atoms with Gasteiger partial charge in [0.2, 0.25) is 15.9 Å². The van der Waals surface area contributed by atoms with Crippen molar-refractivity contribution in [2.24, 2.45) is 11.8 Å². The van der Waals surface area contributed by atoms with Gasteiger partial charge < -0.3 is 19.7 Å². The lowest BCUT2D eigenvalue weighted by molar-refractivity contribution is -0.142. The molecule has 2 fully saturated rings. The average molecular weight is 496 g/mol. The van der Waals surface area contributed by atoms with Crippen molar-refractivity contribution in [3.05, 3.63) is 29.8 Å². The molecule has 2 unspecified atom stereocenters. The minimum Gasteiger partial charge on any atom is -0.350 e. The largest absolute Gasteiger partial charge is 0.350 e. The van der Waals surface area contributed by atoms with E-state index in [0.29, 0.717) is 39.4 Å². The number of piperidine rings is 1. The second-order valence-electron chi connectivity index (χ2n) is 9.11. The van der Waals surface area contributed by atoms with Crippen molar-refractivity contribution in [1.82, 2.24) is 14.5 Å². The van der Waals surface area contributed by atoms with Crippen molar-refractivity contribution in [2.75, 3.05) is 39.4 Å². The van der Waals surface area contributed by atoms with Crippen LogP contribution < -0.4 is 5.32 Å². The molecule has 9 nitrogen and oxygen atoms in total. The first-order valence-electron chi connectivity index (χ1n) is 12.1. The monoisotopic (exact) mass is 495 g/mol. The van der Waals surface area contributed by atoms with E-state index >= 15 is 0 Å². The molecule has 2 aliphatic heterocycles. The Morgan fingerprint density at radius 2 is 1.85 bits per heavy atom. The lowest BCUT2D eigenvalue weighted by atomic mass is 9.95. The van der Waals surface area contributed by atoms with E-state index < -0.39 is 22.0 Å². The summed E-state index contributed by atoms with van der Waals surface area (Å²) < 4.78 is 38.4. The summed E-state index contributed by atoms with van der Waals surface area (Å²) in [6.45, 7) is 10.3. The van der Waals surface area contributed by atoms with Gasteiger partial charge in [0.05, 0.1) is 18.1 Å². The number of nitrogens with zero attached hydrogens (tertiary/aromatic N) is 2. The summed E-state index contributed by atoms with van der Waals surface area (Å²) in [5, 5.41) is 2.85. The minimum absolute atomic E-state index is 0.0618. The smallest absolute Gasteiger partial charge is 0.251 e. The lowest BCUT2D eigenvalue weighted by Gasteiger charge is -2.37. The number of likely N-dealkylation sites (tertiary alicyclic amines) is 1. The molecule has 3 rings (SSSR count). The Bertz CT molecular complexity index is 957. The van der Waals surface area contributed by atoms with Gasteiger partial charge >= 0.3 is 0 Å². The summed E-state index contributed by atoms with van der Waals surface area (Å²) in [4.78, 5) is 28.3. The Morgan fingerprint density at radius 3 is 2.47 bits per heavy atom. The molecule has 0 bridgehead atoms. The van der Waals surface area contributed by atoms with Gasteiger partial charge in [-0.15, -0.1) is 0 Å². The highest BCUT2D eigenvalue weighted by Gasteiger charge is 2.36. The van der Waals surface area contributed by atoms with E-state index in [1.165, 1.54) is 16.4 Å². The van der Waals surface area contributed by atoms with E-state index in [4.69, 9.17) is 9.47 Å². The Hall–Kier alpha value is -2.01. The highest BCUT2D eigenvalue weighted by Crippen LogP contribution is 2.26. The molecule has 2 heterocycles. The van der Waals surface area contributed by atoms with Crippen LogP contribution in [0.1, 0.15) is 50.9 Å². The quantitative estimate of drug-likeness (QED) is 0.562. The van der Waals surface area contributed by atoms with Crippen molar-refractivity contribution >= 4 is 21.8 Å². The third-order valence-corrected chi connectivity index (χ3v) is 8.51. The standard InChI is InChI=1S/C24H37N3O6S/c1-5-27(6-2)34(30,31)20-11-7-9-18(15-20)22(28)25-21(17(3)4)23(29)26-12-8-10-19(16-26)24-32-13-14-33-24/h7,9,11,15,17,19,21,24H,5-6,8,10,12-14,16H2,1-4H3,(H,25,28). The van der Waals surface area contributed by atoms with Gasteiger partial charge in [-0.3, -0.25) is 9.59 Å². The molecule has 0 spiro atoms. The number of sulfonamides is 1. The summed E-state index contributed by atoms with van der Waals surface area (Å²) in [5.41, 5.74) is 0.205. The van der Waals surface area contributed by atoms with Crippen molar-refractivity contribution in [1.29, 1.82) is 0 Å². The van der Waals surface area contributed by atoms with Gasteiger partial charge in [0, 0.05) is 37.7 Å². The Labute approximate surface area is 202 Å². The van der Waals surface area contributed by atoms with E-state index in [1.54, 1.807) is 30.9 Å².